The van der Waals surface area contributed by atoms with Crippen LogP contribution in [0.25, 0.3) is 0 Å². The Hall–Kier alpha value is -2.24. The second kappa shape index (κ2) is 5.81. The van der Waals surface area contributed by atoms with Crippen molar-refractivity contribution in [2.24, 2.45) is 0 Å². The summed E-state index contributed by atoms with van der Waals surface area (Å²) in [7, 11) is 2.84. The number of carbonyl (C=O) groups excluding carboxylic acids is 2. The fraction of sp³-hybridized carbons (Fsp3) is 0.429. The number of rotatable bonds is 4. The van der Waals surface area contributed by atoms with E-state index in [2.05, 4.69) is 4.74 Å². The minimum Gasteiger partial charge on any atom is -0.496 e. The Morgan fingerprint density at radius 1 is 1.45 bits per heavy atom. The molecule has 0 spiro atoms. The molecule has 0 radical (unpaired) electrons. The van der Waals surface area contributed by atoms with Crippen LogP contribution in [0.1, 0.15) is 22.8 Å². The molecular formula is C14H17NO5. The molecule has 0 bridgehead atoms. The summed E-state index contributed by atoms with van der Waals surface area (Å²) in [4.78, 5) is 24.7. The van der Waals surface area contributed by atoms with Gasteiger partial charge in [-0.1, -0.05) is 6.07 Å². The van der Waals surface area contributed by atoms with Crippen molar-refractivity contribution in [3.05, 3.63) is 29.3 Å². The summed E-state index contributed by atoms with van der Waals surface area (Å²) in [5.41, 5.74) is 1.22. The van der Waals surface area contributed by atoms with Crippen molar-refractivity contribution >= 4 is 12.1 Å². The number of amides is 1. The molecule has 6 heteroatoms. The number of methoxy groups -OCH3 is 2. The van der Waals surface area contributed by atoms with Gasteiger partial charge in [0.15, 0.2) is 0 Å². The summed E-state index contributed by atoms with van der Waals surface area (Å²) in [5.74, 6) is 0.115. The molecule has 6 nitrogen and oxygen atoms in total. The highest BCUT2D eigenvalue weighted by Crippen LogP contribution is 2.24. The van der Waals surface area contributed by atoms with E-state index in [1.54, 1.807) is 23.1 Å². The highest BCUT2D eigenvalue weighted by molar-refractivity contribution is 5.90. The van der Waals surface area contributed by atoms with Gasteiger partial charge >= 0.3 is 12.1 Å². The van der Waals surface area contributed by atoms with Crippen molar-refractivity contribution in [1.29, 1.82) is 0 Å². The molecule has 1 aliphatic heterocycles. The number of carbonyl (C=O) groups is 2. The molecule has 1 fully saturated rings. The number of nitrogens with zero attached hydrogens (tertiary/aromatic N) is 1. The molecule has 1 aromatic rings. The quantitative estimate of drug-likeness (QED) is 0.787. The number of hydrogen-bond donors (Lipinski definition) is 0. The van der Waals surface area contributed by atoms with Gasteiger partial charge in [0.2, 0.25) is 0 Å². The van der Waals surface area contributed by atoms with Gasteiger partial charge < -0.3 is 19.1 Å². The monoisotopic (exact) mass is 279 g/mol. The molecular weight excluding hydrogens is 262 g/mol. The molecule has 1 aromatic carbocycles. The van der Waals surface area contributed by atoms with Crippen LogP contribution in [-0.4, -0.2) is 43.8 Å². The van der Waals surface area contributed by atoms with E-state index in [1.165, 1.54) is 14.2 Å². The van der Waals surface area contributed by atoms with Crippen LogP contribution in [0.2, 0.25) is 0 Å². The molecule has 0 aliphatic carbocycles. The summed E-state index contributed by atoms with van der Waals surface area (Å²) in [6.07, 6.45) is -0.445. The molecule has 108 valence electrons. The average molecular weight is 279 g/mol. The minimum atomic E-state index is -0.427. The van der Waals surface area contributed by atoms with E-state index >= 15 is 0 Å². The van der Waals surface area contributed by atoms with Crippen LogP contribution in [-0.2, 0) is 16.0 Å². The van der Waals surface area contributed by atoms with Crippen LogP contribution in [0.4, 0.5) is 4.79 Å². The van der Waals surface area contributed by atoms with Gasteiger partial charge in [0, 0.05) is 5.56 Å². The van der Waals surface area contributed by atoms with Crippen LogP contribution in [0, 0.1) is 0 Å². The third-order valence-corrected chi connectivity index (χ3v) is 3.11. The Morgan fingerprint density at radius 2 is 2.20 bits per heavy atom. The highest BCUT2D eigenvalue weighted by atomic mass is 16.6. The SMILES string of the molecule is COC(=O)c1ccc(CN2CC(C)OC2=O)c(OC)c1. The van der Waals surface area contributed by atoms with Crippen LogP contribution in [0.15, 0.2) is 18.2 Å². The van der Waals surface area contributed by atoms with Crippen molar-refractivity contribution in [1.82, 2.24) is 4.90 Å². The van der Waals surface area contributed by atoms with Crippen LogP contribution < -0.4 is 4.74 Å². The van der Waals surface area contributed by atoms with Gasteiger partial charge in [-0.2, -0.15) is 0 Å². The lowest BCUT2D eigenvalue weighted by atomic mass is 10.1. The first-order chi connectivity index (χ1) is 9.55. The zero-order valence-corrected chi connectivity index (χ0v) is 11.7. The largest absolute Gasteiger partial charge is 0.496 e. The summed E-state index contributed by atoms with van der Waals surface area (Å²) in [5, 5.41) is 0. The standard InChI is InChI=1S/C14H17NO5/c1-9-7-15(14(17)20-9)8-11-5-4-10(13(16)19-3)6-12(11)18-2/h4-6,9H,7-8H2,1-3H3. The topological polar surface area (TPSA) is 65.1 Å². The minimum absolute atomic E-state index is 0.108. The van der Waals surface area contributed by atoms with Crippen LogP contribution in [0.3, 0.4) is 0 Å². The molecule has 2 rings (SSSR count). The molecule has 1 atom stereocenters. The first-order valence-electron chi connectivity index (χ1n) is 6.26. The van der Waals surface area contributed by atoms with Gasteiger partial charge in [0.1, 0.15) is 11.9 Å². The predicted octanol–water partition coefficient (Wildman–Crippen LogP) is 1.82. The number of cyclic esters (lactones) is 1. The Morgan fingerprint density at radius 3 is 2.75 bits per heavy atom. The van der Waals surface area contributed by atoms with Gasteiger partial charge in [0.25, 0.3) is 0 Å². The molecule has 1 amide bonds. The third kappa shape index (κ3) is 2.84. The molecule has 1 aliphatic rings. The van der Waals surface area contributed by atoms with Crippen LogP contribution in [0.5, 0.6) is 5.75 Å². The first-order valence-corrected chi connectivity index (χ1v) is 6.26. The lowest BCUT2D eigenvalue weighted by molar-refractivity contribution is 0.0600. The van der Waals surface area contributed by atoms with Gasteiger partial charge in [-0.25, -0.2) is 9.59 Å². The lowest BCUT2D eigenvalue weighted by Crippen LogP contribution is -2.24. The fourth-order valence-corrected chi connectivity index (χ4v) is 2.12. The van der Waals surface area contributed by atoms with Gasteiger partial charge in [-0.15, -0.1) is 0 Å². The van der Waals surface area contributed by atoms with Crippen molar-refractivity contribution in [2.75, 3.05) is 20.8 Å². The van der Waals surface area contributed by atoms with Crippen molar-refractivity contribution in [2.45, 2.75) is 19.6 Å². The normalized spacial score (nSPS) is 17.9. The Bertz CT molecular complexity index is 528. The zero-order valence-electron chi connectivity index (χ0n) is 11.7. The number of ether oxygens (including phenoxy) is 3. The van der Waals surface area contributed by atoms with E-state index in [-0.39, 0.29) is 12.2 Å². The Kier molecular flexibility index (Phi) is 4.12. The maximum atomic E-state index is 11.6. The summed E-state index contributed by atoms with van der Waals surface area (Å²) < 4.78 is 15.0. The maximum Gasteiger partial charge on any atom is 0.410 e. The average Bonchev–Trinajstić information content (AvgIpc) is 2.76. The van der Waals surface area contributed by atoms with E-state index in [0.717, 1.165) is 5.56 Å². The predicted molar refractivity (Wildman–Crippen MR) is 70.7 cm³/mol. The van der Waals surface area contributed by atoms with Crippen molar-refractivity contribution in [3.63, 3.8) is 0 Å². The molecule has 1 unspecified atom stereocenters. The summed E-state index contributed by atoms with van der Waals surface area (Å²) in [6, 6.07) is 5.00. The van der Waals surface area contributed by atoms with E-state index in [9.17, 15) is 9.59 Å². The fourth-order valence-electron chi connectivity index (χ4n) is 2.12. The number of hydrogen-bond acceptors (Lipinski definition) is 5. The lowest BCUT2D eigenvalue weighted by Gasteiger charge is -2.15. The van der Waals surface area contributed by atoms with E-state index in [0.29, 0.717) is 24.4 Å². The van der Waals surface area contributed by atoms with E-state index in [4.69, 9.17) is 9.47 Å². The Labute approximate surface area is 117 Å². The smallest absolute Gasteiger partial charge is 0.410 e. The molecule has 0 aromatic heterocycles. The van der Waals surface area contributed by atoms with Gasteiger partial charge in [-0.05, 0) is 19.1 Å². The number of benzene rings is 1. The Balaban J connectivity index is 2.19. The summed E-state index contributed by atoms with van der Waals surface area (Å²) in [6.45, 7) is 2.77. The van der Waals surface area contributed by atoms with E-state index < -0.39 is 5.97 Å². The van der Waals surface area contributed by atoms with Gasteiger partial charge in [-0.3, -0.25) is 0 Å². The highest BCUT2D eigenvalue weighted by Gasteiger charge is 2.28. The number of esters is 1. The third-order valence-electron chi connectivity index (χ3n) is 3.11. The molecule has 0 saturated carbocycles. The van der Waals surface area contributed by atoms with E-state index in [1.807, 2.05) is 6.92 Å². The van der Waals surface area contributed by atoms with Crippen molar-refractivity contribution < 1.29 is 23.8 Å². The molecule has 0 N–H and O–H groups in total. The maximum absolute atomic E-state index is 11.6. The first kappa shape index (κ1) is 14.2. The van der Waals surface area contributed by atoms with Crippen molar-refractivity contribution in [3.8, 4) is 5.75 Å². The second-order valence-electron chi connectivity index (χ2n) is 4.59. The molecule has 1 saturated heterocycles. The van der Waals surface area contributed by atoms with Gasteiger partial charge in [0.05, 0.1) is 32.9 Å². The molecule has 1 heterocycles. The summed E-state index contributed by atoms with van der Waals surface area (Å²) >= 11 is 0. The molecule has 20 heavy (non-hydrogen) atoms. The van der Waals surface area contributed by atoms with Crippen LogP contribution >= 0.6 is 0 Å². The second-order valence-corrected chi connectivity index (χ2v) is 4.59. The zero-order chi connectivity index (χ0) is 14.7.